The number of ether oxygens (including phenoxy) is 1. The summed E-state index contributed by atoms with van der Waals surface area (Å²) in [4.78, 5) is 14.0. The second-order valence-corrected chi connectivity index (χ2v) is 4.94. The van der Waals surface area contributed by atoms with E-state index in [2.05, 4.69) is 0 Å². The van der Waals surface area contributed by atoms with Gasteiger partial charge in [0.1, 0.15) is 5.75 Å². The summed E-state index contributed by atoms with van der Waals surface area (Å²) in [6.45, 7) is 0.758. The van der Waals surface area contributed by atoms with Gasteiger partial charge >= 0.3 is 0 Å². The van der Waals surface area contributed by atoms with Gasteiger partial charge in [-0.25, -0.2) is 0 Å². The monoisotopic (exact) mass is 275 g/mol. The van der Waals surface area contributed by atoms with Crippen molar-refractivity contribution in [2.24, 2.45) is 0 Å². The molecule has 1 unspecified atom stereocenters. The van der Waals surface area contributed by atoms with Crippen LogP contribution in [-0.2, 0) is 4.79 Å². The van der Waals surface area contributed by atoms with Crippen molar-refractivity contribution < 1.29 is 14.6 Å². The molecule has 20 heavy (non-hydrogen) atoms. The van der Waals surface area contributed by atoms with Gasteiger partial charge in [-0.1, -0.05) is 18.2 Å². The van der Waals surface area contributed by atoms with Gasteiger partial charge in [-0.15, -0.1) is 0 Å². The van der Waals surface area contributed by atoms with E-state index in [0.717, 1.165) is 37.1 Å². The Kier molecular flexibility index (Phi) is 5.18. The minimum absolute atomic E-state index is 0.0360. The Bertz CT molecular complexity index is 484. The van der Waals surface area contributed by atoms with Crippen molar-refractivity contribution in [3.63, 3.8) is 0 Å². The molecular weight excluding hydrogens is 254 g/mol. The molecule has 1 aromatic carbocycles. The minimum Gasteiger partial charge on any atom is -0.496 e. The van der Waals surface area contributed by atoms with E-state index < -0.39 is 0 Å². The number of hydrogen-bond acceptors (Lipinski definition) is 3. The predicted octanol–water partition coefficient (Wildman–Crippen LogP) is 2.08. The third kappa shape index (κ3) is 3.39. The highest BCUT2D eigenvalue weighted by Crippen LogP contribution is 2.20. The summed E-state index contributed by atoms with van der Waals surface area (Å²) in [5.41, 5.74) is 0.876. The summed E-state index contributed by atoms with van der Waals surface area (Å²) in [7, 11) is 1.61. The van der Waals surface area contributed by atoms with Crippen LogP contribution in [0.1, 0.15) is 24.8 Å². The molecule has 1 amide bonds. The van der Waals surface area contributed by atoms with Crippen molar-refractivity contribution in [3.8, 4) is 5.75 Å². The van der Waals surface area contributed by atoms with Crippen LogP contribution in [0, 0.1) is 0 Å². The number of carbonyl (C=O) groups excluding carboxylic acids is 1. The van der Waals surface area contributed by atoms with Crippen LogP contribution in [-0.4, -0.2) is 42.2 Å². The van der Waals surface area contributed by atoms with Gasteiger partial charge in [-0.2, -0.15) is 0 Å². The fraction of sp³-hybridized carbons (Fsp3) is 0.438. The molecule has 0 bridgehead atoms. The van der Waals surface area contributed by atoms with E-state index in [-0.39, 0.29) is 18.6 Å². The van der Waals surface area contributed by atoms with E-state index in [0.29, 0.717) is 0 Å². The SMILES string of the molecule is COc1ccccc1/C=C/C(=O)N1CCCCC1CO. The van der Waals surface area contributed by atoms with Crippen LogP contribution in [0.5, 0.6) is 5.75 Å². The molecule has 0 radical (unpaired) electrons. The third-order valence-electron chi connectivity index (χ3n) is 3.67. The molecular formula is C16H21NO3. The standard InChI is InChI=1S/C16H21NO3/c1-20-15-8-3-2-6-13(15)9-10-16(19)17-11-5-4-7-14(17)12-18/h2-3,6,8-10,14,18H,4-5,7,11-12H2,1H3/b10-9+. The summed E-state index contributed by atoms with van der Waals surface area (Å²) in [5.74, 6) is 0.698. The number of amides is 1. The van der Waals surface area contributed by atoms with Gasteiger partial charge < -0.3 is 14.7 Å². The quantitative estimate of drug-likeness (QED) is 0.856. The van der Waals surface area contributed by atoms with E-state index in [4.69, 9.17) is 4.74 Å². The van der Waals surface area contributed by atoms with Crippen LogP contribution in [0.3, 0.4) is 0 Å². The Morgan fingerprint density at radius 1 is 1.45 bits per heavy atom. The van der Waals surface area contributed by atoms with Crippen LogP contribution >= 0.6 is 0 Å². The first kappa shape index (κ1) is 14.6. The number of benzene rings is 1. The van der Waals surface area contributed by atoms with Gasteiger partial charge in [-0.3, -0.25) is 4.79 Å². The number of rotatable bonds is 4. The average Bonchev–Trinajstić information content (AvgIpc) is 2.52. The molecule has 0 spiro atoms. The molecule has 4 heteroatoms. The van der Waals surface area contributed by atoms with Gasteiger partial charge in [0, 0.05) is 18.2 Å². The first-order chi connectivity index (χ1) is 9.76. The van der Waals surface area contributed by atoms with Crippen molar-refractivity contribution in [3.05, 3.63) is 35.9 Å². The maximum absolute atomic E-state index is 12.2. The topological polar surface area (TPSA) is 49.8 Å². The Hall–Kier alpha value is -1.81. The Morgan fingerprint density at radius 2 is 2.25 bits per heavy atom. The van der Waals surface area contributed by atoms with Gasteiger partial charge in [-0.05, 0) is 31.4 Å². The van der Waals surface area contributed by atoms with E-state index in [1.165, 1.54) is 0 Å². The zero-order chi connectivity index (χ0) is 14.4. The second-order valence-electron chi connectivity index (χ2n) is 4.94. The van der Waals surface area contributed by atoms with Crippen molar-refractivity contribution in [1.29, 1.82) is 0 Å². The lowest BCUT2D eigenvalue weighted by Crippen LogP contribution is -2.44. The summed E-state index contributed by atoms with van der Waals surface area (Å²) >= 11 is 0. The number of piperidine rings is 1. The normalized spacial score (nSPS) is 19.3. The molecule has 1 fully saturated rings. The molecule has 108 valence electrons. The third-order valence-corrected chi connectivity index (χ3v) is 3.67. The Labute approximate surface area is 119 Å². The van der Waals surface area contributed by atoms with E-state index in [1.54, 1.807) is 24.2 Å². The molecule has 1 aromatic rings. The fourth-order valence-electron chi connectivity index (χ4n) is 2.54. The van der Waals surface area contributed by atoms with Gasteiger partial charge in [0.05, 0.1) is 19.8 Å². The molecule has 0 aliphatic carbocycles. The number of nitrogens with zero attached hydrogens (tertiary/aromatic N) is 1. The highest BCUT2D eigenvalue weighted by atomic mass is 16.5. The molecule has 1 N–H and O–H groups in total. The summed E-state index contributed by atoms with van der Waals surface area (Å²) < 4.78 is 5.25. The Morgan fingerprint density at radius 3 is 3.00 bits per heavy atom. The zero-order valence-electron chi connectivity index (χ0n) is 11.8. The maximum atomic E-state index is 12.2. The van der Waals surface area contributed by atoms with Gasteiger partial charge in [0.2, 0.25) is 5.91 Å². The van der Waals surface area contributed by atoms with Crippen molar-refractivity contribution >= 4 is 12.0 Å². The summed E-state index contributed by atoms with van der Waals surface area (Å²) in [6, 6.07) is 7.52. The van der Waals surface area contributed by atoms with Gasteiger partial charge in [0.25, 0.3) is 0 Å². The molecule has 0 saturated carbocycles. The molecule has 1 saturated heterocycles. The summed E-state index contributed by atoms with van der Waals surface area (Å²) in [5, 5.41) is 9.34. The highest BCUT2D eigenvalue weighted by molar-refractivity contribution is 5.92. The van der Waals surface area contributed by atoms with E-state index >= 15 is 0 Å². The van der Waals surface area contributed by atoms with Gasteiger partial charge in [0.15, 0.2) is 0 Å². The average molecular weight is 275 g/mol. The van der Waals surface area contributed by atoms with E-state index in [9.17, 15) is 9.90 Å². The first-order valence-corrected chi connectivity index (χ1v) is 6.99. The number of para-hydroxylation sites is 1. The second kappa shape index (κ2) is 7.10. The summed E-state index contributed by atoms with van der Waals surface area (Å²) in [6.07, 6.45) is 6.29. The highest BCUT2D eigenvalue weighted by Gasteiger charge is 2.24. The van der Waals surface area contributed by atoms with Crippen LogP contribution in [0.2, 0.25) is 0 Å². The smallest absolute Gasteiger partial charge is 0.246 e. The first-order valence-electron chi connectivity index (χ1n) is 6.99. The minimum atomic E-state index is -0.0466. The van der Waals surface area contributed by atoms with Crippen LogP contribution < -0.4 is 4.74 Å². The van der Waals surface area contributed by atoms with Crippen LogP contribution in [0.15, 0.2) is 30.3 Å². The number of hydrogen-bond donors (Lipinski definition) is 1. The lowest BCUT2D eigenvalue weighted by molar-refractivity contribution is -0.130. The number of methoxy groups -OCH3 is 1. The molecule has 0 aromatic heterocycles. The van der Waals surface area contributed by atoms with Crippen molar-refractivity contribution in [1.82, 2.24) is 4.90 Å². The lowest BCUT2D eigenvalue weighted by Gasteiger charge is -2.33. The molecule has 1 atom stereocenters. The van der Waals surface area contributed by atoms with Crippen LogP contribution in [0.4, 0.5) is 0 Å². The number of aliphatic hydroxyl groups is 1. The number of likely N-dealkylation sites (tertiary alicyclic amines) is 1. The van der Waals surface area contributed by atoms with Crippen molar-refractivity contribution in [2.75, 3.05) is 20.3 Å². The molecule has 4 nitrogen and oxygen atoms in total. The number of aliphatic hydroxyl groups excluding tert-OH is 1. The largest absolute Gasteiger partial charge is 0.496 e. The molecule has 1 heterocycles. The van der Waals surface area contributed by atoms with Crippen molar-refractivity contribution in [2.45, 2.75) is 25.3 Å². The van der Waals surface area contributed by atoms with E-state index in [1.807, 2.05) is 24.3 Å². The maximum Gasteiger partial charge on any atom is 0.246 e. The van der Waals surface area contributed by atoms with Crippen LogP contribution in [0.25, 0.3) is 6.08 Å². The Balaban J connectivity index is 2.08. The molecule has 1 aliphatic rings. The number of carbonyl (C=O) groups is 1. The lowest BCUT2D eigenvalue weighted by atomic mass is 10.0. The zero-order valence-corrected chi connectivity index (χ0v) is 11.8. The molecule has 2 rings (SSSR count). The predicted molar refractivity (Wildman–Crippen MR) is 78.5 cm³/mol. The fourth-order valence-corrected chi connectivity index (χ4v) is 2.54. The molecule has 1 aliphatic heterocycles.